The summed E-state index contributed by atoms with van der Waals surface area (Å²) < 4.78 is 28.7. The smallest absolute Gasteiger partial charge is 0.132 e. The Morgan fingerprint density at radius 2 is 1.63 bits per heavy atom. The third-order valence-corrected chi connectivity index (χ3v) is 4.39. The van der Waals surface area contributed by atoms with Gasteiger partial charge in [-0.3, -0.25) is 0 Å². The Morgan fingerprint density at radius 1 is 1.05 bits per heavy atom. The molecule has 0 spiro atoms. The van der Waals surface area contributed by atoms with Crippen molar-refractivity contribution in [3.8, 4) is 0 Å². The Hall–Kier alpha value is -0.780. The first-order valence-electron chi connectivity index (χ1n) is 5.49. The van der Waals surface area contributed by atoms with E-state index in [1.807, 2.05) is 6.92 Å². The van der Waals surface area contributed by atoms with E-state index in [-0.39, 0.29) is 5.56 Å². The molecule has 0 aliphatic heterocycles. The number of aryl methyl sites for hydroxylation is 1. The van der Waals surface area contributed by atoms with Gasteiger partial charge in [0.2, 0.25) is 0 Å². The molecule has 2 aromatic rings. The van der Waals surface area contributed by atoms with Crippen LogP contribution in [0.4, 0.5) is 8.78 Å². The van der Waals surface area contributed by atoms with Gasteiger partial charge in [0.1, 0.15) is 17.7 Å². The zero-order valence-corrected chi connectivity index (χ0v) is 13.1. The minimum absolute atomic E-state index is 0.348. The van der Waals surface area contributed by atoms with Crippen LogP contribution in [0, 0.1) is 18.6 Å². The Kier molecular flexibility index (Phi) is 4.38. The Bertz CT molecular complexity index is 609. The maximum atomic E-state index is 13.7. The van der Waals surface area contributed by atoms with Gasteiger partial charge in [-0.1, -0.05) is 37.9 Å². The molecule has 0 heterocycles. The maximum absolute atomic E-state index is 13.7. The molecule has 2 aromatic carbocycles. The molecule has 0 radical (unpaired) electrons. The lowest BCUT2D eigenvalue weighted by atomic mass is 9.99. The van der Waals surface area contributed by atoms with Crippen molar-refractivity contribution < 1.29 is 13.9 Å². The fraction of sp³-hybridized carbons (Fsp3) is 0.143. The molecule has 0 aliphatic rings. The van der Waals surface area contributed by atoms with Crippen LogP contribution in [-0.4, -0.2) is 5.11 Å². The molecule has 0 bridgehead atoms. The second kappa shape index (κ2) is 5.69. The molecular formula is C14H10Br2F2O. The average Bonchev–Trinajstić information content (AvgIpc) is 2.33. The molecule has 1 nitrogen and oxygen atoms in total. The lowest BCUT2D eigenvalue weighted by Gasteiger charge is -2.16. The highest BCUT2D eigenvalue weighted by atomic mass is 79.9. The third kappa shape index (κ3) is 2.88. The van der Waals surface area contributed by atoms with Crippen molar-refractivity contribution in [1.82, 2.24) is 0 Å². The SMILES string of the molecule is Cc1cc(Br)c(C(O)c2c(F)cccc2F)cc1Br. The zero-order valence-electron chi connectivity index (χ0n) is 9.92. The van der Waals surface area contributed by atoms with Gasteiger partial charge in [-0.05, 0) is 36.8 Å². The van der Waals surface area contributed by atoms with Crippen LogP contribution in [0.5, 0.6) is 0 Å². The highest BCUT2D eigenvalue weighted by Gasteiger charge is 2.22. The molecule has 19 heavy (non-hydrogen) atoms. The summed E-state index contributed by atoms with van der Waals surface area (Å²) in [5, 5.41) is 10.2. The van der Waals surface area contributed by atoms with Gasteiger partial charge in [-0.2, -0.15) is 0 Å². The topological polar surface area (TPSA) is 20.2 Å². The van der Waals surface area contributed by atoms with Crippen LogP contribution in [0.15, 0.2) is 39.3 Å². The summed E-state index contributed by atoms with van der Waals surface area (Å²) in [7, 11) is 0. The monoisotopic (exact) mass is 390 g/mol. The van der Waals surface area contributed by atoms with Crippen LogP contribution < -0.4 is 0 Å². The molecule has 0 fully saturated rings. The van der Waals surface area contributed by atoms with Gasteiger partial charge in [0.15, 0.2) is 0 Å². The Labute approximate surface area is 126 Å². The molecule has 100 valence electrons. The van der Waals surface area contributed by atoms with Gasteiger partial charge in [-0.25, -0.2) is 8.78 Å². The number of halogens is 4. The van der Waals surface area contributed by atoms with E-state index in [0.29, 0.717) is 10.0 Å². The van der Waals surface area contributed by atoms with Gasteiger partial charge < -0.3 is 5.11 Å². The van der Waals surface area contributed by atoms with Gasteiger partial charge in [0, 0.05) is 14.5 Å². The van der Waals surface area contributed by atoms with Crippen LogP contribution in [0.25, 0.3) is 0 Å². The molecule has 1 atom stereocenters. The summed E-state index contributed by atoms with van der Waals surface area (Å²) in [5.41, 5.74) is 1.01. The fourth-order valence-corrected chi connectivity index (χ4v) is 2.83. The van der Waals surface area contributed by atoms with E-state index in [1.165, 1.54) is 6.07 Å². The second-order valence-electron chi connectivity index (χ2n) is 4.16. The predicted molar refractivity (Wildman–Crippen MR) is 77.0 cm³/mol. The van der Waals surface area contributed by atoms with Crippen LogP contribution in [-0.2, 0) is 0 Å². The lowest BCUT2D eigenvalue weighted by Crippen LogP contribution is -2.06. The van der Waals surface area contributed by atoms with E-state index in [9.17, 15) is 13.9 Å². The molecule has 0 amide bonds. The van der Waals surface area contributed by atoms with Crippen LogP contribution in [0.3, 0.4) is 0 Å². The summed E-state index contributed by atoms with van der Waals surface area (Å²) in [6, 6.07) is 6.94. The molecule has 2 rings (SSSR count). The molecular weight excluding hydrogens is 382 g/mol. The largest absolute Gasteiger partial charge is 0.383 e. The number of hydrogen-bond acceptors (Lipinski definition) is 1. The predicted octanol–water partition coefficient (Wildman–Crippen LogP) is 4.88. The number of hydrogen-bond donors (Lipinski definition) is 1. The van der Waals surface area contributed by atoms with E-state index in [4.69, 9.17) is 0 Å². The summed E-state index contributed by atoms with van der Waals surface area (Å²) in [6.45, 7) is 1.88. The second-order valence-corrected chi connectivity index (χ2v) is 5.87. The Morgan fingerprint density at radius 3 is 2.21 bits per heavy atom. The van der Waals surface area contributed by atoms with Gasteiger partial charge in [0.05, 0.1) is 5.56 Å². The quantitative estimate of drug-likeness (QED) is 0.773. The van der Waals surface area contributed by atoms with E-state index in [1.54, 1.807) is 12.1 Å². The molecule has 1 unspecified atom stereocenters. The molecule has 1 N–H and O–H groups in total. The summed E-state index contributed by atoms with van der Waals surface area (Å²) >= 11 is 6.64. The minimum Gasteiger partial charge on any atom is -0.383 e. The first-order valence-corrected chi connectivity index (χ1v) is 7.08. The highest BCUT2D eigenvalue weighted by molar-refractivity contribution is 9.11. The van der Waals surface area contributed by atoms with Crippen molar-refractivity contribution in [1.29, 1.82) is 0 Å². The normalized spacial score (nSPS) is 12.5. The first kappa shape index (κ1) is 14.6. The van der Waals surface area contributed by atoms with E-state index >= 15 is 0 Å². The van der Waals surface area contributed by atoms with Crippen molar-refractivity contribution in [3.05, 3.63) is 67.6 Å². The van der Waals surface area contributed by atoms with E-state index in [2.05, 4.69) is 31.9 Å². The average molecular weight is 392 g/mol. The van der Waals surface area contributed by atoms with Crippen molar-refractivity contribution in [3.63, 3.8) is 0 Å². The minimum atomic E-state index is -1.37. The van der Waals surface area contributed by atoms with E-state index in [0.717, 1.165) is 22.2 Å². The molecule has 0 aliphatic carbocycles. The summed E-state index contributed by atoms with van der Waals surface area (Å²) in [6.07, 6.45) is -1.37. The molecule has 0 aromatic heterocycles. The molecule has 0 saturated carbocycles. The van der Waals surface area contributed by atoms with Crippen LogP contribution in [0.2, 0.25) is 0 Å². The standard InChI is InChI=1S/C14H10Br2F2O/c1-7-5-10(16)8(6-9(7)15)14(19)13-11(17)3-2-4-12(13)18/h2-6,14,19H,1H3. The molecule has 0 saturated heterocycles. The maximum Gasteiger partial charge on any atom is 0.132 e. The zero-order chi connectivity index (χ0) is 14.2. The fourth-order valence-electron chi connectivity index (χ4n) is 1.80. The number of aliphatic hydroxyl groups is 1. The summed E-state index contributed by atoms with van der Waals surface area (Å²) in [5.74, 6) is -1.54. The first-order chi connectivity index (χ1) is 8.91. The molecule has 5 heteroatoms. The number of benzene rings is 2. The number of rotatable bonds is 2. The van der Waals surface area contributed by atoms with Crippen molar-refractivity contribution in [2.75, 3.05) is 0 Å². The van der Waals surface area contributed by atoms with Crippen LogP contribution >= 0.6 is 31.9 Å². The van der Waals surface area contributed by atoms with Gasteiger partial charge >= 0.3 is 0 Å². The van der Waals surface area contributed by atoms with Crippen molar-refractivity contribution >= 4 is 31.9 Å². The van der Waals surface area contributed by atoms with Gasteiger partial charge in [-0.15, -0.1) is 0 Å². The lowest BCUT2D eigenvalue weighted by molar-refractivity contribution is 0.208. The van der Waals surface area contributed by atoms with Crippen LogP contribution in [0.1, 0.15) is 22.8 Å². The van der Waals surface area contributed by atoms with Gasteiger partial charge in [0.25, 0.3) is 0 Å². The number of aliphatic hydroxyl groups excluding tert-OH is 1. The van der Waals surface area contributed by atoms with Crippen molar-refractivity contribution in [2.45, 2.75) is 13.0 Å². The summed E-state index contributed by atoms with van der Waals surface area (Å²) in [4.78, 5) is 0. The Balaban J connectivity index is 2.56. The highest BCUT2D eigenvalue weighted by Crippen LogP contribution is 2.34. The van der Waals surface area contributed by atoms with Crippen molar-refractivity contribution in [2.24, 2.45) is 0 Å². The third-order valence-electron chi connectivity index (χ3n) is 2.85. The van der Waals surface area contributed by atoms with E-state index < -0.39 is 17.7 Å².